The summed E-state index contributed by atoms with van der Waals surface area (Å²) in [4.78, 5) is 24.0. The Morgan fingerprint density at radius 1 is 1.32 bits per heavy atom. The van der Waals surface area contributed by atoms with Crippen LogP contribution in [0.15, 0.2) is 36.9 Å². The average molecular weight is 337 g/mol. The highest BCUT2D eigenvalue weighted by Gasteiger charge is 2.36. The molecule has 0 saturated carbocycles. The molecule has 1 aliphatic rings. The van der Waals surface area contributed by atoms with Gasteiger partial charge in [0.05, 0.1) is 22.6 Å². The van der Waals surface area contributed by atoms with Gasteiger partial charge in [0.15, 0.2) is 5.78 Å². The van der Waals surface area contributed by atoms with Crippen LogP contribution < -0.4 is 5.73 Å². The summed E-state index contributed by atoms with van der Waals surface area (Å²) in [6.07, 6.45) is 4.63. The van der Waals surface area contributed by atoms with Crippen molar-refractivity contribution in [3.05, 3.63) is 59.4 Å². The number of carbonyl (C=O) groups excluding carboxylic acids is 2. The molecule has 1 aliphatic carbocycles. The van der Waals surface area contributed by atoms with Crippen molar-refractivity contribution in [3.63, 3.8) is 0 Å². The monoisotopic (exact) mass is 337 g/mol. The van der Waals surface area contributed by atoms with Gasteiger partial charge in [-0.1, -0.05) is 19.9 Å². The van der Waals surface area contributed by atoms with Crippen LogP contribution in [0.3, 0.4) is 0 Å². The molecule has 25 heavy (non-hydrogen) atoms. The first-order valence-electron chi connectivity index (χ1n) is 8.47. The third-order valence-corrected chi connectivity index (χ3v) is 4.60. The van der Waals surface area contributed by atoms with Gasteiger partial charge in [0.25, 0.3) is 0 Å². The normalized spacial score (nSPS) is 15.7. The fraction of sp³-hybridized carbons (Fsp3) is 0.350. The Balaban J connectivity index is 2.11. The van der Waals surface area contributed by atoms with E-state index in [2.05, 4.69) is 20.4 Å². The second kappa shape index (κ2) is 6.31. The van der Waals surface area contributed by atoms with Crippen LogP contribution in [0.25, 0.3) is 5.69 Å². The summed E-state index contributed by atoms with van der Waals surface area (Å²) < 4.78 is 1.84. The van der Waals surface area contributed by atoms with Crippen molar-refractivity contribution in [1.29, 1.82) is 0 Å². The highest BCUT2D eigenvalue weighted by atomic mass is 16.1. The number of rotatable bonds is 5. The lowest BCUT2D eigenvalue weighted by Crippen LogP contribution is -2.28. The Morgan fingerprint density at radius 3 is 2.60 bits per heavy atom. The van der Waals surface area contributed by atoms with Crippen molar-refractivity contribution >= 4 is 11.7 Å². The number of fused-ring (bicyclic) bond motifs is 1. The molecule has 5 nitrogen and oxygen atoms in total. The number of nitrogens with zero attached hydrogens (tertiary/aromatic N) is 2. The Hall–Kier alpha value is -2.69. The zero-order valence-electron chi connectivity index (χ0n) is 14.7. The summed E-state index contributed by atoms with van der Waals surface area (Å²) in [5, 5.41) is 4.72. The van der Waals surface area contributed by atoms with E-state index < -0.39 is 5.91 Å². The van der Waals surface area contributed by atoms with Gasteiger partial charge >= 0.3 is 0 Å². The van der Waals surface area contributed by atoms with E-state index in [-0.39, 0.29) is 11.2 Å². The number of primary amides is 1. The molecule has 130 valence electrons. The molecule has 0 unspecified atom stereocenters. The molecular weight excluding hydrogens is 314 g/mol. The van der Waals surface area contributed by atoms with E-state index in [0.717, 1.165) is 35.5 Å². The molecule has 5 heteroatoms. The predicted molar refractivity (Wildman–Crippen MR) is 97.0 cm³/mol. The van der Waals surface area contributed by atoms with E-state index in [1.807, 2.05) is 22.9 Å². The van der Waals surface area contributed by atoms with Crippen LogP contribution in [0.5, 0.6) is 0 Å². The minimum Gasteiger partial charge on any atom is -0.366 e. The molecule has 0 saturated heterocycles. The van der Waals surface area contributed by atoms with E-state index in [1.54, 1.807) is 12.1 Å². The van der Waals surface area contributed by atoms with Crippen molar-refractivity contribution in [2.24, 2.45) is 11.1 Å². The molecule has 1 heterocycles. The minimum atomic E-state index is -0.461. The van der Waals surface area contributed by atoms with Gasteiger partial charge < -0.3 is 5.73 Å². The topological polar surface area (TPSA) is 78.0 Å². The Kier molecular flexibility index (Phi) is 4.33. The second-order valence-corrected chi connectivity index (χ2v) is 7.36. The largest absolute Gasteiger partial charge is 0.366 e. The number of hydrogen-bond donors (Lipinski definition) is 1. The summed E-state index contributed by atoms with van der Waals surface area (Å²) in [7, 11) is 0. The van der Waals surface area contributed by atoms with Gasteiger partial charge in [-0.3, -0.25) is 9.59 Å². The Bertz CT molecular complexity index is 845. The first kappa shape index (κ1) is 17.1. The molecule has 2 aromatic rings. The lowest BCUT2D eigenvalue weighted by Gasteiger charge is -2.29. The first-order chi connectivity index (χ1) is 11.8. The van der Waals surface area contributed by atoms with Crippen LogP contribution in [0, 0.1) is 5.41 Å². The van der Waals surface area contributed by atoms with Crippen LogP contribution in [0.2, 0.25) is 0 Å². The number of hydrogen-bond acceptors (Lipinski definition) is 3. The molecule has 2 N–H and O–H groups in total. The number of Topliss-reactive ketones (excluding diaryl/α,β-unsaturated/α-hetero) is 1. The van der Waals surface area contributed by atoms with E-state index in [1.165, 1.54) is 0 Å². The first-order valence-corrected chi connectivity index (χ1v) is 8.47. The molecule has 0 radical (unpaired) electrons. The maximum atomic E-state index is 12.7. The standard InChI is InChI=1S/C20H23N3O2/c1-4-5-6-15-18-16(11-20(2,3)12-17(18)24)23(22-15)14-9-7-13(8-10-14)19(21)25/h4,7-10H,1,5-6,11-12H2,2-3H3,(H2,21,25). The molecule has 0 bridgehead atoms. The van der Waals surface area contributed by atoms with Crippen molar-refractivity contribution in [2.45, 2.75) is 39.5 Å². The quantitative estimate of drug-likeness (QED) is 0.851. The Morgan fingerprint density at radius 2 is 2.00 bits per heavy atom. The summed E-state index contributed by atoms with van der Waals surface area (Å²) >= 11 is 0. The SMILES string of the molecule is C=CCCc1nn(-c2ccc(C(N)=O)cc2)c2c1C(=O)CC(C)(C)C2. The third-order valence-electron chi connectivity index (χ3n) is 4.60. The van der Waals surface area contributed by atoms with Crippen LogP contribution in [0.4, 0.5) is 0 Å². The van der Waals surface area contributed by atoms with E-state index >= 15 is 0 Å². The van der Waals surface area contributed by atoms with Crippen LogP contribution >= 0.6 is 0 Å². The van der Waals surface area contributed by atoms with Gasteiger partial charge in [0.2, 0.25) is 5.91 Å². The fourth-order valence-corrected chi connectivity index (χ4v) is 3.42. The molecule has 1 amide bonds. The van der Waals surface area contributed by atoms with Gasteiger partial charge in [-0.25, -0.2) is 4.68 Å². The van der Waals surface area contributed by atoms with Crippen molar-refractivity contribution in [2.75, 3.05) is 0 Å². The lowest BCUT2D eigenvalue weighted by atomic mass is 9.75. The van der Waals surface area contributed by atoms with Gasteiger partial charge in [-0.05, 0) is 48.9 Å². The number of amides is 1. The van der Waals surface area contributed by atoms with Crippen LogP contribution in [0.1, 0.15) is 58.8 Å². The van der Waals surface area contributed by atoms with Crippen LogP contribution in [-0.4, -0.2) is 21.5 Å². The summed E-state index contributed by atoms with van der Waals surface area (Å²) in [6, 6.07) is 7.00. The molecule has 0 aliphatic heterocycles. The maximum absolute atomic E-state index is 12.7. The van der Waals surface area contributed by atoms with Crippen LogP contribution in [-0.2, 0) is 12.8 Å². The summed E-state index contributed by atoms with van der Waals surface area (Å²) in [6.45, 7) is 7.96. The number of aryl methyl sites for hydroxylation is 1. The third kappa shape index (κ3) is 3.27. The molecular formula is C20H23N3O2. The molecule has 0 spiro atoms. The summed E-state index contributed by atoms with van der Waals surface area (Å²) in [5.41, 5.74) is 9.04. The fourth-order valence-electron chi connectivity index (χ4n) is 3.42. The van der Waals surface area contributed by atoms with E-state index in [9.17, 15) is 9.59 Å². The number of carbonyl (C=O) groups is 2. The Labute approximate surface area is 147 Å². The number of aromatic nitrogens is 2. The molecule has 1 aromatic carbocycles. The van der Waals surface area contributed by atoms with Crippen molar-refractivity contribution in [1.82, 2.24) is 9.78 Å². The van der Waals surface area contributed by atoms with Crippen molar-refractivity contribution < 1.29 is 9.59 Å². The predicted octanol–water partition coefficient (Wildman–Crippen LogP) is 3.24. The zero-order chi connectivity index (χ0) is 18.2. The number of benzene rings is 1. The van der Waals surface area contributed by atoms with Gasteiger partial charge in [-0.15, -0.1) is 6.58 Å². The maximum Gasteiger partial charge on any atom is 0.248 e. The number of ketones is 1. The smallest absolute Gasteiger partial charge is 0.248 e. The highest BCUT2D eigenvalue weighted by Crippen LogP contribution is 2.37. The molecule has 0 fully saturated rings. The second-order valence-electron chi connectivity index (χ2n) is 7.36. The average Bonchev–Trinajstić information content (AvgIpc) is 2.90. The van der Waals surface area contributed by atoms with Crippen molar-refractivity contribution in [3.8, 4) is 5.69 Å². The zero-order valence-corrected chi connectivity index (χ0v) is 14.7. The molecule has 3 rings (SSSR count). The number of allylic oxidation sites excluding steroid dienone is 1. The van der Waals surface area contributed by atoms with E-state index in [0.29, 0.717) is 18.4 Å². The van der Waals surface area contributed by atoms with E-state index in [4.69, 9.17) is 10.8 Å². The number of nitrogens with two attached hydrogens (primary N) is 1. The highest BCUT2D eigenvalue weighted by molar-refractivity contribution is 6.00. The minimum absolute atomic E-state index is 0.0925. The lowest BCUT2D eigenvalue weighted by molar-refractivity contribution is 0.0909. The molecule has 0 atom stereocenters. The van der Waals surface area contributed by atoms with Gasteiger partial charge in [-0.2, -0.15) is 5.10 Å². The summed E-state index contributed by atoms with van der Waals surface area (Å²) in [5.74, 6) is -0.303. The van der Waals surface area contributed by atoms with Gasteiger partial charge in [0, 0.05) is 12.0 Å². The molecule has 1 aromatic heterocycles. The van der Waals surface area contributed by atoms with Gasteiger partial charge in [0.1, 0.15) is 0 Å².